The molecule has 0 unspecified atom stereocenters. The molecule has 2 heterocycles. The maximum absolute atomic E-state index is 13.0. The van der Waals surface area contributed by atoms with Crippen LogP contribution >= 0.6 is 0 Å². The van der Waals surface area contributed by atoms with Crippen LogP contribution in [0.4, 0.5) is 5.69 Å². The van der Waals surface area contributed by atoms with Crippen molar-refractivity contribution < 1.29 is 9.53 Å². The van der Waals surface area contributed by atoms with Crippen LogP contribution in [0.2, 0.25) is 0 Å². The van der Waals surface area contributed by atoms with Crippen LogP contribution < -0.4 is 4.90 Å². The third kappa shape index (κ3) is 3.61. The molecule has 0 aliphatic carbocycles. The highest BCUT2D eigenvalue weighted by atomic mass is 16.5. The van der Waals surface area contributed by atoms with Gasteiger partial charge in [0.1, 0.15) is 0 Å². The average Bonchev–Trinajstić information content (AvgIpc) is 2.55. The first-order chi connectivity index (χ1) is 10.9. The number of rotatable bonds is 2. The van der Waals surface area contributed by atoms with E-state index in [9.17, 15) is 4.79 Å². The van der Waals surface area contributed by atoms with E-state index in [2.05, 4.69) is 15.9 Å². The summed E-state index contributed by atoms with van der Waals surface area (Å²) in [6, 6.07) is 8.05. The standard InChI is InChI=1S/C18H26N2O2/c21-18(20-10-6-2-1-3-7-11-20)16-8-4-5-9-17(16)19-12-14-22-15-13-19/h4-5,8-9H,1-3,6-7,10-15H2. The lowest BCUT2D eigenvalue weighted by Gasteiger charge is -2.32. The molecule has 0 aromatic heterocycles. The minimum atomic E-state index is 0.198. The number of amides is 1. The molecule has 0 N–H and O–H groups in total. The van der Waals surface area contributed by atoms with Crippen molar-refractivity contribution in [1.82, 2.24) is 4.90 Å². The van der Waals surface area contributed by atoms with Crippen LogP contribution in [0.3, 0.4) is 0 Å². The van der Waals surface area contributed by atoms with Gasteiger partial charge in [-0.15, -0.1) is 0 Å². The third-order valence-corrected chi connectivity index (χ3v) is 4.63. The van der Waals surface area contributed by atoms with Gasteiger partial charge < -0.3 is 14.5 Å². The van der Waals surface area contributed by atoms with Gasteiger partial charge in [-0.1, -0.05) is 31.4 Å². The van der Waals surface area contributed by atoms with Gasteiger partial charge in [-0.05, 0) is 25.0 Å². The molecule has 0 saturated carbocycles. The molecule has 1 aromatic rings. The Balaban J connectivity index is 1.78. The molecule has 2 aliphatic rings. The van der Waals surface area contributed by atoms with Crippen molar-refractivity contribution in [3.63, 3.8) is 0 Å². The number of anilines is 1. The number of nitrogens with zero attached hydrogens (tertiary/aromatic N) is 2. The molecule has 0 radical (unpaired) electrons. The van der Waals surface area contributed by atoms with Crippen molar-refractivity contribution in [3.8, 4) is 0 Å². The molecule has 1 aromatic carbocycles. The van der Waals surface area contributed by atoms with Crippen molar-refractivity contribution in [2.75, 3.05) is 44.3 Å². The minimum absolute atomic E-state index is 0.198. The largest absolute Gasteiger partial charge is 0.378 e. The quantitative estimate of drug-likeness (QED) is 0.842. The first-order valence-corrected chi connectivity index (χ1v) is 8.57. The molecule has 4 heteroatoms. The Hall–Kier alpha value is -1.55. The zero-order chi connectivity index (χ0) is 15.2. The van der Waals surface area contributed by atoms with Gasteiger partial charge in [0.05, 0.1) is 18.8 Å². The summed E-state index contributed by atoms with van der Waals surface area (Å²) in [5.74, 6) is 0.198. The van der Waals surface area contributed by atoms with E-state index in [0.29, 0.717) is 0 Å². The summed E-state index contributed by atoms with van der Waals surface area (Å²) in [6.45, 7) is 5.01. The Bertz CT molecular complexity index is 490. The Labute approximate surface area is 133 Å². The SMILES string of the molecule is O=C(c1ccccc1N1CCOCC1)N1CCCCCCC1. The summed E-state index contributed by atoms with van der Waals surface area (Å²) in [5, 5.41) is 0. The topological polar surface area (TPSA) is 32.8 Å². The fourth-order valence-corrected chi connectivity index (χ4v) is 3.36. The van der Waals surface area contributed by atoms with E-state index in [4.69, 9.17) is 4.74 Å². The van der Waals surface area contributed by atoms with E-state index >= 15 is 0 Å². The zero-order valence-corrected chi connectivity index (χ0v) is 13.3. The van der Waals surface area contributed by atoms with Gasteiger partial charge in [-0.3, -0.25) is 4.79 Å². The fourth-order valence-electron chi connectivity index (χ4n) is 3.36. The monoisotopic (exact) mass is 302 g/mol. The summed E-state index contributed by atoms with van der Waals surface area (Å²) in [6.07, 6.45) is 6.06. The minimum Gasteiger partial charge on any atom is -0.378 e. The van der Waals surface area contributed by atoms with E-state index in [1.54, 1.807) is 0 Å². The predicted molar refractivity (Wildman–Crippen MR) is 88.5 cm³/mol. The van der Waals surface area contributed by atoms with Crippen LogP contribution in [0.5, 0.6) is 0 Å². The lowest BCUT2D eigenvalue weighted by Crippen LogP contribution is -2.39. The molecule has 2 saturated heterocycles. The molecule has 22 heavy (non-hydrogen) atoms. The van der Waals surface area contributed by atoms with Crippen molar-refractivity contribution in [2.45, 2.75) is 32.1 Å². The van der Waals surface area contributed by atoms with Crippen LogP contribution in [-0.2, 0) is 4.74 Å². The molecule has 4 nitrogen and oxygen atoms in total. The van der Waals surface area contributed by atoms with Crippen molar-refractivity contribution >= 4 is 11.6 Å². The van der Waals surface area contributed by atoms with Crippen LogP contribution in [-0.4, -0.2) is 50.2 Å². The lowest BCUT2D eigenvalue weighted by molar-refractivity contribution is 0.0742. The maximum Gasteiger partial charge on any atom is 0.255 e. The van der Waals surface area contributed by atoms with Crippen LogP contribution in [0.1, 0.15) is 42.5 Å². The van der Waals surface area contributed by atoms with E-state index in [1.807, 2.05) is 18.2 Å². The number of benzene rings is 1. The normalized spacial score (nSPS) is 20.4. The number of carbonyl (C=O) groups is 1. The summed E-state index contributed by atoms with van der Waals surface area (Å²) in [4.78, 5) is 17.3. The van der Waals surface area contributed by atoms with Gasteiger partial charge >= 0.3 is 0 Å². The van der Waals surface area contributed by atoms with Gasteiger partial charge in [0.15, 0.2) is 0 Å². The number of likely N-dealkylation sites (tertiary alicyclic amines) is 1. The number of carbonyl (C=O) groups excluding carboxylic acids is 1. The fraction of sp³-hybridized carbons (Fsp3) is 0.611. The highest BCUT2D eigenvalue weighted by Crippen LogP contribution is 2.24. The average molecular weight is 302 g/mol. The molecule has 120 valence electrons. The number of hydrogen-bond donors (Lipinski definition) is 0. The van der Waals surface area contributed by atoms with Crippen molar-refractivity contribution in [1.29, 1.82) is 0 Å². The highest BCUT2D eigenvalue weighted by molar-refractivity contribution is 5.99. The Morgan fingerprint density at radius 2 is 1.50 bits per heavy atom. The van der Waals surface area contributed by atoms with Gasteiger partial charge in [0, 0.05) is 31.9 Å². The molecule has 3 rings (SSSR count). The highest BCUT2D eigenvalue weighted by Gasteiger charge is 2.22. The van der Waals surface area contributed by atoms with E-state index < -0.39 is 0 Å². The molecule has 0 spiro atoms. The summed E-state index contributed by atoms with van der Waals surface area (Å²) in [7, 11) is 0. The van der Waals surface area contributed by atoms with Crippen molar-refractivity contribution in [3.05, 3.63) is 29.8 Å². The molecular formula is C18H26N2O2. The Morgan fingerprint density at radius 3 is 2.23 bits per heavy atom. The molecular weight excluding hydrogens is 276 g/mol. The first-order valence-electron chi connectivity index (χ1n) is 8.57. The predicted octanol–water partition coefficient (Wildman–Crippen LogP) is 2.93. The second-order valence-corrected chi connectivity index (χ2v) is 6.18. The molecule has 0 bridgehead atoms. The number of morpholine rings is 1. The summed E-state index contributed by atoms with van der Waals surface area (Å²) in [5.41, 5.74) is 1.92. The second-order valence-electron chi connectivity index (χ2n) is 6.18. The van der Waals surface area contributed by atoms with Gasteiger partial charge in [0.2, 0.25) is 0 Å². The molecule has 0 atom stereocenters. The van der Waals surface area contributed by atoms with Gasteiger partial charge in [-0.2, -0.15) is 0 Å². The van der Waals surface area contributed by atoms with Crippen LogP contribution in [0.25, 0.3) is 0 Å². The van der Waals surface area contributed by atoms with Crippen molar-refractivity contribution in [2.24, 2.45) is 0 Å². The van der Waals surface area contributed by atoms with E-state index in [1.165, 1.54) is 19.3 Å². The number of hydrogen-bond acceptors (Lipinski definition) is 3. The molecule has 2 fully saturated rings. The molecule has 1 amide bonds. The smallest absolute Gasteiger partial charge is 0.255 e. The first kappa shape index (κ1) is 15.3. The van der Waals surface area contributed by atoms with Gasteiger partial charge in [-0.25, -0.2) is 0 Å². The maximum atomic E-state index is 13.0. The number of para-hydroxylation sites is 1. The summed E-state index contributed by atoms with van der Waals surface area (Å²) >= 11 is 0. The number of ether oxygens (including phenoxy) is 1. The Kier molecular flexibility index (Phi) is 5.33. The van der Waals surface area contributed by atoms with Crippen LogP contribution in [0.15, 0.2) is 24.3 Å². The zero-order valence-electron chi connectivity index (χ0n) is 13.3. The van der Waals surface area contributed by atoms with E-state index in [-0.39, 0.29) is 5.91 Å². The Morgan fingerprint density at radius 1 is 0.864 bits per heavy atom. The summed E-state index contributed by atoms with van der Waals surface area (Å²) < 4.78 is 5.43. The van der Waals surface area contributed by atoms with Crippen LogP contribution in [0, 0.1) is 0 Å². The lowest BCUT2D eigenvalue weighted by atomic mass is 10.1. The van der Waals surface area contributed by atoms with Gasteiger partial charge in [0.25, 0.3) is 5.91 Å². The third-order valence-electron chi connectivity index (χ3n) is 4.63. The second kappa shape index (κ2) is 7.63. The van der Waals surface area contributed by atoms with E-state index in [0.717, 1.165) is 63.5 Å². The molecule has 2 aliphatic heterocycles.